The van der Waals surface area contributed by atoms with E-state index >= 15 is 0 Å². The lowest BCUT2D eigenvalue weighted by atomic mass is 9.99. The Hall–Kier alpha value is -1.14. The fourth-order valence-corrected chi connectivity index (χ4v) is 1.98. The third-order valence-electron chi connectivity index (χ3n) is 2.85. The molecule has 0 bridgehead atoms. The summed E-state index contributed by atoms with van der Waals surface area (Å²) in [5.74, 6) is 2.74. The second kappa shape index (κ2) is 7.24. The summed E-state index contributed by atoms with van der Waals surface area (Å²) < 4.78 is 5.72. The van der Waals surface area contributed by atoms with Crippen LogP contribution in [0.4, 0.5) is 0 Å². The van der Waals surface area contributed by atoms with Gasteiger partial charge in [-0.3, -0.25) is 0 Å². The van der Waals surface area contributed by atoms with Gasteiger partial charge in [-0.05, 0) is 29.4 Å². The predicted molar refractivity (Wildman–Crippen MR) is 73.4 cm³/mol. The van der Waals surface area contributed by atoms with Gasteiger partial charge in [0, 0.05) is 5.92 Å². The molecule has 0 heterocycles. The summed E-state index contributed by atoms with van der Waals surface area (Å²) in [5.41, 5.74) is 1.02. The molecule has 17 heavy (non-hydrogen) atoms. The molecular weight excluding hydrogens is 230 g/mol. The largest absolute Gasteiger partial charge is 0.493 e. The van der Waals surface area contributed by atoms with Crippen molar-refractivity contribution in [2.24, 2.45) is 11.8 Å². The summed E-state index contributed by atoms with van der Waals surface area (Å²) in [4.78, 5) is 0. The van der Waals surface area contributed by atoms with Gasteiger partial charge in [-0.2, -0.15) is 17.9 Å². The summed E-state index contributed by atoms with van der Waals surface area (Å²) in [6, 6.07) is 9.83. The van der Waals surface area contributed by atoms with Crippen LogP contribution in [0.25, 0.3) is 0 Å². The first-order valence-corrected chi connectivity index (χ1v) is 6.50. The molecule has 0 saturated carbocycles. The van der Waals surface area contributed by atoms with E-state index in [2.05, 4.69) is 32.5 Å². The molecule has 1 aromatic carbocycles. The van der Waals surface area contributed by atoms with E-state index < -0.39 is 0 Å². The van der Waals surface area contributed by atoms with Gasteiger partial charge in [0.15, 0.2) is 0 Å². The Balaban J connectivity index is 2.49. The van der Waals surface area contributed by atoms with Crippen molar-refractivity contribution in [1.29, 1.82) is 5.26 Å². The minimum Gasteiger partial charge on any atom is -0.493 e. The van der Waals surface area contributed by atoms with Crippen LogP contribution in [0, 0.1) is 23.2 Å². The van der Waals surface area contributed by atoms with Crippen LogP contribution >= 0.6 is 12.6 Å². The van der Waals surface area contributed by atoms with Crippen LogP contribution in [0.2, 0.25) is 0 Å². The van der Waals surface area contributed by atoms with Crippen molar-refractivity contribution in [1.82, 2.24) is 0 Å². The molecule has 3 heteroatoms. The monoisotopic (exact) mass is 249 g/mol. The average Bonchev–Trinajstić information content (AvgIpc) is 2.32. The second-order valence-electron chi connectivity index (χ2n) is 4.48. The van der Waals surface area contributed by atoms with Crippen LogP contribution in [0.15, 0.2) is 24.3 Å². The van der Waals surface area contributed by atoms with Crippen molar-refractivity contribution in [3.63, 3.8) is 0 Å². The molecule has 0 radical (unpaired) electrons. The Morgan fingerprint density at radius 1 is 1.29 bits per heavy atom. The molecule has 1 aromatic rings. The van der Waals surface area contributed by atoms with Gasteiger partial charge >= 0.3 is 0 Å². The highest BCUT2D eigenvalue weighted by atomic mass is 32.1. The van der Waals surface area contributed by atoms with Gasteiger partial charge in [0.05, 0.1) is 19.1 Å². The number of hydrogen-bond acceptors (Lipinski definition) is 3. The Bertz CT molecular complexity index is 367. The lowest BCUT2D eigenvalue weighted by Crippen LogP contribution is -2.19. The quantitative estimate of drug-likeness (QED) is 0.784. The SMILES string of the molecule is CC(C)C(CS)COc1ccc(CC#N)cc1. The highest BCUT2D eigenvalue weighted by Gasteiger charge is 2.12. The van der Waals surface area contributed by atoms with Crippen molar-refractivity contribution in [3.05, 3.63) is 29.8 Å². The fraction of sp³-hybridized carbons (Fsp3) is 0.500. The molecule has 0 saturated heterocycles. The van der Waals surface area contributed by atoms with Crippen LogP contribution in [0.3, 0.4) is 0 Å². The zero-order valence-electron chi connectivity index (χ0n) is 10.4. The van der Waals surface area contributed by atoms with Crippen LogP contribution < -0.4 is 4.74 Å². The summed E-state index contributed by atoms with van der Waals surface area (Å²) in [5, 5.41) is 8.57. The average molecular weight is 249 g/mol. The van der Waals surface area contributed by atoms with Gasteiger partial charge in [0.2, 0.25) is 0 Å². The number of benzene rings is 1. The number of nitrogens with zero attached hydrogens (tertiary/aromatic N) is 1. The van der Waals surface area contributed by atoms with Gasteiger partial charge in [0.1, 0.15) is 5.75 Å². The zero-order chi connectivity index (χ0) is 12.7. The molecule has 1 rings (SSSR count). The van der Waals surface area contributed by atoms with Crippen LogP contribution in [-0.4, -0.2) is 12.4 Å². The van der Waals surface area contributed by atoms with Crippen molar-refractivity contribution in [2.75, 3.05) is 12.4 Å². The van der Waals surface area contributed by atoms with E-state index in [1.807, 2.05) is 24.3 Å². The lowest BCUT2D eigenvalue weighted by Gasteiger charge is -2.19. The third kappa shape index (κ3) is 4.70. The van der Waals surface area contributed by atoms with Crippen molar-refractivity contribution in [2.45, 2.75) is 20.3 Å². The fourth-order valence-electron chi connectivity index (χ4n) is 1.45. The first kappa shape index (κ1) is 13.9. The van der Waals surface area contributed by atoms with E-state index in [0.29, 0.717) is 24.9 Å². The topological polar surface area (TPSA) is 33.0 Å². The highest BCUT2D eigenvalue weighted by molar-refractivity contribution is 7.80. The Labute approximate surface area is 109 Å². The number of rotatable bonds is 6. The third-order valence-corrected chi connectivity index (χ3v) is 3.32. The molecule has 0 aliphatic heterocycles. The molecule has 2 nitrogen and oxygen atoms in total. The molecule has 0 spiro atoms. The second-order valence-corrected chi connectivity index (χ2v) is 4.84. The van der Waals surface area contributed by atoms with E-state index in [1.165, 1.54) is 0 Å². The Morgan fingerprint density at radius 2 is 1.94 bits per heavy atom. The molecule has 1 atom stereocenters. The minimum absolute atomic E-state index is 0.450. The molecule has 0 aromatic heterocycles. The molecular formula is C14H19NOS. The molecule has 0 N–H and O–H groups in total. The zero-order valence-corrected chi connectivity index (χ0v) is 11.3. The van der Waals surface area contributed by atoms with Crippen molar-refractivity contribution >= 4 is 12.6 Å². The first-order chi connectivity index (χ1) is 8.17. The summed E-state index contributed by atoms with van der Waals surface area (Å²) in [7, 11) is 0. The molecule has 1 unspecified atom stereocenters. The summed E-state index contributed by atoms with van der Waals surface area (Å²) in [6.07, 6.45) is 0.450. The van der Waals surface area contributed by atoms with Gasteiger partial charge in [-0.15, -0.1) is 0 Å². The highest BCUT2D eigenvalue weighted by Crippen LogP contribution is 2.17. The van der Waals surface area contributed by atoms with Gasteiger partial charge < -0.3 is 4.74 Å². The molecule has 0 amide bonds. The molecule has 0 aliphatic carbocycles. The van der Waals surface area contributed by atoms with Gasteiger partial charge in [-0.1, -0.05) is 26.0 Å². The Kier molecular flexibility index (Phi) is 5.93. The normalized spacial score (nSPS) is 12.2. The maximum atomic E-state index is 8.57. The number of nitriles is 1. The molecule has 0 fully saturated rings. The predicted octanol–water partition coefficient (Wildman–Crippen LogP) is 3.33. The van der Waals surface area contributed by atoms with Crippen molar-refractivity contribution < 1.29 is 4.74 Å². The summed E-state index contributed by atoms with van der Waals surface area (Å²) in [6.45, 7) is 5.05. The standard InChI is InChI=1S/C14H19NOS/c1-11(2)13(10-17)9-16-14-5-3-12(4-6-14)7-8-15/h3-6,11,13,17H,7,9-10H2,1-2H3. The van der Waals surface area contributed by atoms with E-state index in [9.17, 15) is 0 Å². The van der Waals surface area contributed by atoms with E-state index in [1.54, 1.807) is 0 Å². The van der Waals surface area contributed by atoms with Crippen LogP contribution in [0.5, 0.6) is 5.75 Å². The Morgan fingerprint density at radius 3 is 2.41 bits per heavy atom. The maximum absolute atomic E-state index is 8.57. The van der Waals surface area contributed by atoms with E-state index in [4.69, 9.17) is 10.00 Å². The molecule has 92 valence electrons. The van der Waals surface area contributed by atoms with Crippen molar-refractivity contribution in [3.8, 4) is 11.8 Å². The van der Waals surface area contributed by atoms with Crippen LogP contribution in [-0.2, 0) is 6.42 Å². The first-order valence-electron chi connectivity index (χ1n) is 5.87. The van der Waals surface area contributed by atoms with Crippen LogP contribution in [0.1, 0.15) is 19.4 Å². The maximum Gasteiger partial charge on any atom is 0.119 e. The van der Waals surface area contributed by atoms with E-state index in [0.717, 1.165) is 17.1 Å². The minimum atomic E-state index is 0.450. The van der Waals surface area contributed by atoms with E-state index in [-0.39, 0.29) is 0 Å². The summed E-state index contributed by atoms with van der Waals surface area (Å²) >= 11 is 4.33. The number of ether oxygens (including phenoxy) is 1. The molecule has 0 aliphatic rings. The number of thiol groups is 1. The smallest absolute Gasteiger partial charge is 0.119 e. The number of hydrogen-bond donors (Lipinski definition) is 1. The van der Waals surface area contributed by atoms with Gasteiger partial charge in [0.25, 0.3) is 0 Å². The van der Waals surface area contributed by atoms with Gasteiger partial charge in [-0.25, -0.2) is 0 Å². The lowest BCUT2D eigenvalue weighted by molar-refractivity contribution is 0.227.